The number of hydrogen-bond acceptors (Lipinski definition) is 2. The van der Waals surface area contributed by atoms with Gasteiger partial charge in [0.05, 0.1) is 0 Å². The highest BCUT2D eigenvalue weighted by Crippen LogP contribution is 2.15. The molecular weight excluding hydrogens is 355 g/mol. The fourth-order valence-electron chi connectivity index (χ4n) is 2.94. The van der Waals surface area contributed by atoms with Crippen molar-refractivity contribution in [3.8, 4) is 0 Å². The van der Waals surface area contributed by atoms with Gasteiger partial charge in [0, 0.05) is 25.1 Å². The van der Waals surface area contributed by atoms with Gasteiger partial charge in [-0.25, -0.2) is 4.39 Å². The first-order chi connectivity index (χ1) is 13.4. The molecule has 0 aliphatic carbocycles. The second-order valence-electron chi connectivity index (χ2n) is 7.07. The monoisotopic (exact) mass is 384 g/mol. The molecule has 2 amide bonds. The second kappa shape index (κ2) is 10.6. The minimum Gasteiger partial charge on any atom is -0.354 e. The predicted octanol–water partition coefficient (Wildman–Crippen LogP) is 4.01. The number of aryl methyl sites for hydroxylation is 2. The van der Waals surface area contributed by atoms with Crippen LogP contribution >= 0.6 is 0 Å². The molecular formula is C23H29FN2O2. The van der Waals surface area contributed by atoms with Crippen molar-refractivity contribution in [2.24, 2.45) is 0 Å². The Morgan fingerprint density at radius 2 is 1.79 bits per heavy atom. The number of halogens is 1. The fourth-order valence-corrected chi connectivity index (χ4v) is 2.94. The van der Waals surface area contributed by atoms with Gasteiger partial charge >= 0.3 is 0 Å². The minimum absolute atomic E-state index is 0.0696. The number of amides is 2. The first kappa shape index (κ1) is 21.6. The summed E-state index contributed by atoms with van der Waals surface area (Å²) >= 11 is 0. The van der Waals surface area contributed by atoms with E-state index in [2.05, 4.69) is 5.32 Å². The quantitative estimate of drug-likeness (QED) is 0.710. The highest BCUT2D eigenvalue weighted by Gasteiger charge is 2.26. The summed E-state index contributed by atoms with van der Waals surface area (Å²) < 4.78 is 14.1. The molecule has 0 spiro atoms. The van der Waals surface area contributed by atoms with Gasteiger partial charge in [0.1, 0.15) is 11.9 Å². The predicted molar refractivity (Wildman–Crippen MR) is 109 cm³/mol. The van der Waals surface area contributed by atoms with E-state index >= 15 is 0 Å². The summed E-state index contributed by atoms with van der Waals surface area (Å²) in [4.78, 5) is 26.8. The maximum Gasteiger partial charge on any atom is 0.242 e. The van der Waals surface area contributed by atoms with Crippen LogP contribution in [0.1, 0.15) is 43.4 Å². The lowest BCUT2D eigenvalue weighted by molar-refractivity contribution is -0.140. The van der Waals surface area contributed by atoms with Crippen LogP contribution in [0.5, 0.6) is 0 Å². The van der Waals surface area contributed by atoms with Crippen molar-refractivity contribution in [2.75, 3.05) is 6.54 Å². The Kier molecular flexibility index (Phi) is 8.18. The summed E-state index contributed by atoms with van der Waals surface area (Å²) in [6.45, 7) is 6.29. The Hall–Kier alpha value is -2.69. The summed E-state index contributed by atoms with van der Waals surface area (Å²) in [6, 6.07) is 13.7. The summed E-state index contributed by atoms with van der Waals surface area (Å²) in [5.74, 6) is -0.759. The number of rotatable bonds is 9. The molecule has 0 saturated heterocycles. The lowest BCUT2D eigenvalue weighted by Crippen LogP contribution is -2.47. The molecule has 1 N–H and O–H groups in total. The van der Waals surface area contributed by atoms with Gasteiger partial charge in [-0.2, -0.15) is 0 Å². The van der Waals surface area contributed by atoms with E-state index < -0.39 is 6.04 Å². The molecule has 2 aromatic carbocycles. The van der Waals surface area contributed by atoms with E-state index in [1.807, 2.05) is 38.1 Å². The Morgan fingerprint density at radius 3 is 2.43 bits per heavy atom. The second-order valence-corrected chi connectivity index (χ2v) is 7.07. The maximum absolute atomic E-state index is 14.1. The molecule has 0 bridgehead atoms. The van der Waals surface area contributed by atoms with Gasteiger partial charge in [-0.15, -0.1) is 0 Å². The molecule has 0 heterocycles. The minimum atomic E-state index is -0.670. The summed E-state index contributed by atoms with van der Waals surface area (Å²) in [7, 11) is 0. The zero-order valence-electron chi connectivity index (χ0n) is 16.9. The highest BCUT2D eigenvalue weighted by molar-refractivity contribution is 5.87. The lowest BCUT2D eigenvalue weighted by Gasteiger charge is -2.29. The van der Waals surface area contributed by atoms with Crippen LogP contribution in [-0.2, 0) is 22.6 Å². The molecule has 0 aliphatic heterocycles. The maximum atomic E-state index is 14.1. The van der Waals surface area contributed by atoms with Crippen molar-refractivity contribution >= 4 is 11.8 Å². The molecule has 5 heteroatoms. The Labute approximate surface area is 166 Å². The van der Waals surface area contributed by atoms with Crippen molar-refractivity contribution < 1.29 is 14.0 Å². The third-order valence-electron chi connectivity index (χ3n) is 4.76. The molecule has 1 unspecified atom stereocenters. The van der Waals surface area contributed by atoms with Crippen molar-refractivity contribution in [3.63, 3.8) is 0 Å². The van der Waals surface area contributed by atoms with E-state index in [0.717, 1.165) is 17.5 Å². The molecule has 0 aromatic heterocycles. The highest BCUT2D eigenvalue weighted by atomic mass is 19.1. The number of nitrogens with one attached hydrogen (secondary N) is 1. The third kappa shape index (κ3) is 6.19. The van der Waals surface area contributed by atoms with Crippen molar-refractivity contribution in [2.45, 2.75) is 52.6 Å². The van der Waals surface area contributed by atoms with Crippen LogP contribution in [0, 0.1) is 12.7 Å². The summed E-state index contributed by atoms with van der Waals surface area (Å²) in [6.07, 6.45) is 1.66. The van der Waals surface area contributed by atoms with Crippen molar-refractivity contribution in [1.29, 1.82) is 0 Å². The first-order valence-corrected chi connectivity index (χ1v) is 9.78. The Balaban J connectivity index is 2.13. The van der Waals surface area contributed by atoms with E-state index in [9.17, 15) is 14.0 Å². The summed E-state index contributed by atoms with van der Waals surface area (Å²) in [5.41, 5.74) is 2.63. The standard InChI is InChI=1S/C23H29FN2O2/c1-4-15-25-23(28)18(3)26(16-20-7-5-6-8-21(20)24)22(27)14-13-19-11-9-17(2)10-12-19/h5-12,18H,4,13-16H2,1-3H3,(H,25,28). The molecule has 150 valence electrons. The molecule has 0 saturated carbocycles. The average Bonchev–Trinajstić information content (AvgIpc) is 2.70. The van der Waals surface area contributed by atoms with Gasteiger partial charge in [0.15, 0.2) is 0 Å². The number of nitrogens with zero attached hydrogens (tertiary/aromatic N) is 1. The largest absolute Gasteiger partial charge is 0.354 e. The molecule has 1 atom stereocenters. The van der Waals surface area contributed by atoms with Gasteiger partial charge in [-0.1, -0.05) is 55.0 Å². The summed E-state index contributed by atoms with van der Waals surface area (Å²) in [5, 5.41) is 2.82. The number of carbonyl (C=O) groups is 2. The molecule has 28 heavy (non-hydrogen) atoms. The van der Waals surface area contributed by atoms with Crippen LogP contribution in [-0.4, -0.2) is 29.3 Å². The van der Waals surface area contributed by atoms with Gasteiger partial charge in [0.25, 0.3) is 0 Å². The van der Waals surface area contributed by atoms with E-state index in [-0.39, 0.29) is 30.6 Å². The van der Waals surface area contributed by atoms with Gasteiger partial charge < -0.3 is 10.2 Å². The molecule has 4 nitrogen and oxygen atoms in total. The van der Waals surface area contributed by atoms with Crippen LogP contribution in [0.25, 0.3) is 0 Å². The van der Waals surface area contributed by atoms with Crippen molar-refractivity contribution in [1.82, 2.24) is 10.2 Å². The average molecular weight is 384 g/mol. The molecule has 0 aliphatic rings. The number of benzene rings is 2. The normalized spacial score (nSPS) is 11.7. The van der Waals surface area contributed by atoms with Gasteiger partial charge in [-0.05, 0) is 38.3 Å². The van der Waals surface area contributed by atoms with Crippen LogP contribution < -0.4 is 5.32 Å². The number of hydrogen-bond donors (Lipinski definition) is 1. The molecule has 0 fully saturated rings. The van der Waals surface area contributed by atoms with E-state index in [1.165, 1.54) is 11.0 Å². The third-order valence-corrected chi connectivity index (χ3v) is 4.76. The molecule has 2 aromatic rings. The Morgan fingerprint density at radius 1 is 1.11 bits per heavy atom. The van der Waals surface area contributed by atoms with E-state index in [4.69, 9.17) is 0 Å². The van der Waals surface area contributed by atoms with Crippen molar-refractivity contribution in [3.05, 3.63) is 71.0 Å². The fraction of sp³-hybridized carbons (Fsp3) is 0.391. The number of carbonyl (C=O) groups excluding carboxylic acids is 2. The van der Waals surface area contributed by atoms with Crippen LogP contribution in [0.2, 0.25) is 0 Å². The molecule has 2 rings (SSSR count). The first-order valence-electron chi connectivity index (χ1n) is 9.78. The smallest absolute Gasteiger partial charge is 0.242 e. The zero-order valence-corrected chi connectivity index (χ0v) is 16.9. The topological polar surface area (TPSA) is 49.4 Å². The van der Waals surface area contributed by atoms with Crippen LogP contribution in [0.4, 0.5) is 4.39 Å². The zero-order chi connectivity index (χ0) is 20.5. The van der Waals surface area contributed by atoms with Crippen LogP contribution in [0.15, 0.2) is 48.5 Å². The van der Waals surface area contributed by atoms with Crippen LogP contribution in [0.3, 0.4) is 0 Å². The van der Waals surface area contributed by atoms with Gasteiger partial charge in [0.2, 0.25) is 11.8 Å². The van der Waals surface area contributed by atoms with E-state index in [0.29, 0.717) is 18.5 Å². The Bertz CT molecular complexity index is 789. The SMILES string of the molecule is CCCNC(=O)C(C)N(Cc1ccccc1F)C(=O)CCc1ccc(C)cc1. The van der Waals surface area contributed by atoms with Gasteiger partial charge in [-0.3, -0.25) is 9.59 Å². The van der Waals surface area contributed by atoms with E-state index in [1.54, 1.807) is 25.1 Å². The molecule has 0 radical (unpaired) electrons. The lowest BCUT2D eigenvalue weighted by atomic mass is 10.1.